The molecule has 1 aliphatic carbocycles. The molecule has 9 heteroatoms. The van der Waals surface area contributed by atoms with E-state index in [0.717, 1.165) is 12.4 Å². The second-order valence-corrected chi connectivity index (χ2v) is 8.18. The highest BCUT2D eigenvalue weighted by Crippen LogP contribution is 2.47. The molecule has 0 aliphatic heterocycles. The van der Waals surface area contributed by atoms with Gasteiger partial charge >= 0.3 is 0 Å². The van der Waals surface area contributed by atoms with Crippen LogP contribution < -0.4 is 10.3 Å². The first-order valence-corrected chi connectivity index (χ1v) is 10.0. The van der Waals surface area contributed by atoms with Gasteiger partial charge in [0.1, 0.15) is 4.70 Å². The van der Waals surface area contributed by atoms with Gasteiger partial charge in [0.25, 0.3) is 5.56 Å². The van der Waals surface area contributed by atoms with Gasteiger partial charge in [-0.15, -0.1) is 11.3 Å². The zero-order valence-electron chi connectivity index (χ0n) is 15.7. The van der Waals surface area contributed by atoms with Gasteiger partial charge in [-0.05, 0) is 30.4 Å². The van der Waals surface area contributed by atoms with Crippen LogP contribution in [-0.2, 0) is 12.6 Å². The number of hydrogen-bond acceptors (Lipinski definition) is 6. The molecule has 152 valence electrons. The van der Waals surface area contributed by atoms with Gasteiger partial charge in [-0.1, -0.05) is 0 Å². The first-order valence-electron chi connectivity index (χ1n) is 9.14. The second kappa shape index (κ2) is 6.68. The summed E-state index contributed by atoms with van der Waals surface area (Å²) in [7, 11) is 1.62. The van der Waals surface area contributed by atoms with Crippen LogP contribution in [0.2, 0.25) is 0 Å². The monoisotopic (exact) mass is 427 g/mol. The Balaban J connectivity index is 1.75. The molecule has 0 aromatic carbocycles. The van der Waals surface area contributed by atoms with Gasteiger partial charge < -0.3 is 14.4 Å². The van der Waals surface area contributed by atoms with E-state index < -0.39 is 23.0 Å². The van der Waals surface area contributed by atoms with E-state index in [9.17, 15) is 18.7 Å². The Hall–Kier alpha value is -3.17. The number of fused-ring (bicyclic) bond motifs is 1. The summed E-state index contributed by atoms with van der Waals surface area (Å²) in [6, 6.07) is 3.50. The fraction of sp³-hybridized carbons (Fsp3) is 0.190. The van der Waals surface area contributed by atoms with Crippen molar-refractivity contribution in [1.29, 1.82) is 0 Å². The number of ether oxygens (including phenoxy) is 1. The van der Waals surface area contributed by atoms with Crippen LogP contribution in [0.5, 0.6) is 11.6 Å². The van der Waals surface area contributed by atoms with Crippen molar-refractivity contribution in [3.05, 3.63) is 69.9 Å². The summed E-state index contributed by atoms with van der Waals surface area (Å²) in [5.41, 5.74) is 0.487. The zero-order valence-corrected chi connectivity index (χ0v) is 16.5. The van der Waals surface area contributed by atoms with Crippen LogP contribution in [0, 0.1) is 11.6 Å². The first-order chi connectivity index (χ1) is 14.4. The maximum Gasteiger partial charge on any atom is 0.268 e. The molecule has 0 radical (unpaired) electrons. The summed E-state index contributed by atoms with van der Waals surface area (Å²) in [5.74, 6) is -2.59. The average molecular weight is 427 g/mol. The summed E-state index contributed by atoms with van der Waals surface area (Å²) in [6.45, 7) is 0. The highest BCUT2D eigenvalue weighted by atomic mass is 32.1. The number of pyridine rings is 3. The molecule has 4 aromatic heterocycles. The normalized spacial score (nSPS) is 14.8. The van der Waals surface area contributed by atoms with Crippen LogP contribution in [0.3, 0.4) is 0 Å². The van der Waals surface area contributed by atoms with Gasteiger partial charge in [0.15, 0.2) is 11.6 Å². The number of nitrogens with zero attached hydrogens (tertiary/aromatic N) is 3. The van der Waals surface area contributed by atoms with Crippen molar-refractivity contribution in [2.45, 2.75) is 18.4 Å². The van der Waals surface area contributed by atoms with Gasteiger partial charge in [-0.2, -0.15) is 0 Å². The maximum absolute atomic E-state index is 14.1. The Morgan fingerprint density at radius 1 is 1.20 bits per heavy atom. The molecule has 0 bridgehead atoms. The lowest BCUT2D eigenvalue weighted by atomic mass is 10.0. The molecule has 1 fully saturated rings. The second-order valence-electron chi connectivity index (χ2n) is 7.26. The molecule has 0 saturated heterocycles. The predicted molar refractivity (Wildman–Crippen MR) is 108 cm³/mol. The Kier molecular flexibility index (Phi) is 4.19. The van der Waals surface area contributed by atoms with E-state index in [1.807, 2.05) is 0 Å². The molecule has 0 unspecified atom stereocenters. The van der Waals surface area contributed by atoms with Gasteiger partial charge in [0.05, 0.1) is 18.0 Å². The SMILES string of the molecule is Cn1cc(-c2cc(C3(O)CC3)cnc2Oc2c(F)cncc2F)c2ccsc2c1=O. The van der Waals surface area contributed by atoms with Crippen molar-refractivity contribution in [2.75, 3.05) is 0 Å². The number of aliphatic hydroxyl groups is 1. The standard InChI is InChI=1S/C21H15F2N3O3S/c1-26-10-14(12-2-5-30-18(12)20(26)27)13-6-11(21(28)3-4-21)7-25-19(13)29-17-15(22)8-24-9-16(17)23/h2,5-10,28H,3-4H2,1H3. The Bertz CT molecular complexity index is 1340. The molecule has 4 heterocycles. The molecule has 5 rings (SSSR count). The van der Waals surface area contributed by atoms with E-state index in [1.54, 1.807) is 30.8 Å². The lowest BCUT2D eigenvalue weighted by Crippen LogP contribution is -2.15. The zero-order chi connectivity index (χ0) is 21.0. The molecular weight excluding hydrogens is 412 g/mol. The molecule has 1 saturated carbocycles. The van der Waals surface area contributed by atoms with Crippen LogP contribution in [-0.4, -0.2) is 19.6 Å². The van der Waals surface area contributed by atoms with Crippen molar-refractivity contribution in [3.63, 3.8) is 0 Å². The molecule has 0 amide bonds. The van der Waals surface area contributed by atoms with Crippen LogP contribution in [0.25, 0.3) is 21.2 Å². The molecule has 0 atom stereocenters. The molecular formula is C21H15F2N3O3S. The number of rotatable bonds is 4. The smallest absolute Gasteiger partial charge is 0.268 e. The van der Waals surface area contributed by atoms with Crippen LogP contribution in [0.1, 0.15) is 18.4 Å². The van der Waals surface area contributed by atoms with Crippen molar-refractivity contribution in [3.8, 4) is 22.8 Å². The molecule has 1 N–H and O–H groups in total. The first kappa shape index (κ1) is 18.8. The largest absolute Gasteiger partial charge is 0.432 e. The third kappa shape index (κ3) is 2.98. The van der Waals surface area contributed by atoms with Gasteiger partial charge in [-0.3, -0.25) is 9.78 Å². The van der Waals surface area contributed by atoms with E-state index in [0.29, 0.717) is 39.6 Å². The molecule has 0 spiro atoms. The predicted octanol–water partition coefficient (Wildman–Crippen LogP) is 4.11. The van der Waals surface area contributed by atoms with Crippen molar-refractivity contribution < 1.29 is 18.6 Å². The van der Waals surface area contributed by atoms with Crippen LogP contribution >= 0.6 is 11.3 Å². The molecule has 6 nitrogen and oxygen atoms in total. The highest BCUT2D eigenvalue weighted by molar-refractivity contribution is 7.17. The van der Waals surface area contributed by atoms with Crippen molar-refractivity contribution in [1.82, 2.24) is 14.5 Å². The summed E-state index contributed by atoms with van der Waals surface area (Å²) in [4.78, 5) is 20.2. The Morgan fingerprint density at radius 3 is 2.63 bits per heavy atom. The Labute approximate surface area is 173 Å². The fourth-order valence-corrected chi connectivity index (χ4v) is 4.26. The topological polar surface area (TPSA) is 77.2 Å². The summed E-state index contributed by atoms with van der Waals surface area (Å²) in [6.07, 6.45) is 5.97. The summed E-state index contributed by atoms with van der Waals surface area (Å²) >= 11 is 1.30. The average Bonchev–Trinajstić information content (AvgIpc) is 3.28. The lowest BCUT2D eigenvalue weighted by Gasteiger charge is -2.16. The van der Waals surface area contributed by atoms with Gasteiger partial charge in [0.2, 0.25) is 11.6 Å². The lowest BCUT2D eigenvalue weighted by molar-refractivity contribution is 0.151. The van der Waals surface area contributed by atoms with E-state index in [4.69, 9.17) is 4.74 Å². The number of aromatic nitrogens is 3. The molecule has 4 aromatic rings. The number of thiophene rings is 1. The van der Waals surface area contributed by atoms with E-state index in [1.165, 1.54) is 22.1 Å². The number of aryl methyl sites for hydroxylation is 1. The number of hydrogen-bond donors (Lipinski definition) is 1. The van der Waals surface area contributed by atoms with Crippen LogP contribution in [0.4, 0.5) is 8.78 Å². The van der Waals surface area contributed by atoms with Gasteiger partial charge in [0, 0.05) is 41.5 Å². The highest BCUT2D eigenvalue weighted by Gasteiger charge is 2.43. The van der Waals surface area contributed by atoms with E-state index in [2.05, 4.69) is 9.97 Å². The summed E-state index contributed by atoms with van der Waals surface area (Å²) < 4.78 is 35.8. The van der Waals surface area contributed by atoms with Gasteiger partial charge in [-0.25, -0.2) is 13.8 Å². The van der Waals surface area contributed by atoms with E-state index in [-0.39, 0.29) is 11.4 Å². The third-order valence-electron chi connectivity index (χ3n) is 5.20. The van der Waals surface area contributed by atoms with Crippen molar-refractivity contribution in [2.24, 2.45) is 7.05 Å². The summed E-state index contributed by atoms with van der Waals surface area (Å²) in [5, 5.41) is 13.0. The minimum Gasteiger partial charge on any atom is -0.432 e. The number of halogens is 2. The van der Waals surface area contributed by atoms with E-state index >= 15 is 0 Å². The minimum absolute atomic E-state index is 0.0434. The molecule has 1 aliphatic rings. The quantitative estimate of drug-likeness (QED) is 0.530. The fourth-order valence-electron chi connectivity index (χ4n) is 3.37. The third-order valence-corrected chi connectivity index (χ3v) is 6.11. The minimum atomic E-state index is -0.970. The van der Waals surface area contributed by atoms with Crippen LogP contribution in [0.15, 0.2) is 47.1 Å². The van der Waals surface area contributed by atoms with Crippen molar-refractivity contribution >= 4 is 21.4 Å². The Morgan fingerprint density at radius 2 is 1.93 bits per heavy atom. The maximum atomic E-state index is 14.1. The molecule has 30 heavy (non-hydrogen) atoms.